The van der Waals surface area contributed by atoms with Crippen LogP contribution in [0.3, 0.4) is 0 Å². The SMILES string of the molecule is C[C@@H]1CCCCN1CCNC(=O)[C@@H]1C[C@@H](O)CN1. The fourth-order valence-corrected chi connectivity index (χ4v) is 2.85. The van der Waals surface area contributed by atoms with Crippen LogP contribution in [0.15, 0.2) is 0 Å². The third-order valence-corrected chi connectivity index (χ3v) is 4.06. The van der Waals surface area contributed by atoms with E-state index in [1.165, 1.54) is 19.3 Å². The lowest BCUT2D eigenvalue weighted by Crippen LogP contribution is -2.46. The lowest BCUT2D eigenvalue weighted by Gasteiger charge is -2.33. The van der Waals surface area contributed by atoms with Crippen LogP contribution in [0.1, 0.15) is 32.6 Å². The second kappa shape index (κ2) is 6.50. The maximum Gasteiger partial charge on any atom is 0.237 e. The first kappa shape index (κ1) is 13.8. The summed E-state index contributed by atoms with van der Waals surface area (Å²) in [6, 6.07) is 0.431. The summed E-state index contributed by atoms with van der Waals surface area (Å²) in [5, 5.41) is 15.3. The Hall–Kier alpha value is -0.650. The van der Waals surface area contributed by atoms with Gasteiger partial charge < -0.3 is 15.7 Å². The Morgan fingerprint density at radius 3 is 3.00 bits per heavy atom. The maximum absolute atomic E-state index is 11.8. The molecule has 0 saturated carbocycles. The highest BCUT2D eigenvalue weighted by atomic mass is 16.3. The number of rotatable bonds is 4. The minimum Gasteiger partial charge on any atom is -0.392 e. The summed E-state index contributed by atoms with van der Waals surface area (Å²) in [6.45, 7) is 5.58. The van der Waals surface area contributed by atoms with Crippen molar-refractivity contribution >= 4 is 5.91 Å². The zero-order valence-electron chi connectivity index (χ0n) is 11.2. The van der Waals surface area contributed by atoms with Crippen LogP contribution < -0.4 is 10.6 Å². The molecule has 0 aromatic rings. The summed E-state index contributed by atoms with van der Waals surface area (Å²) in [4.78, 5) is 14.3. The van der Waals surface area contributed by atoms with Crippen LogP contribution in [0.25, 0.3) is 0 Å². The summed E-state index contributed by atoms with van der Waals surface area (Å²) in [6.07, 6.45) is 4.03. The normalized spacial score (nSPS) is 33.6. The molecule has 0 radical (unpaired) electrons. The molecule has 3 atom stereocenters. The Bertz CT molecular complexity index is 285. The maximum atomic E-state index is 11.8. The molecular weight excluding hydrogens is 230 g/mol. The van der Waals surface area contributed by atoms with Gasteiger partial charge in [0.1, 0.15) is 0 Å². The molecule has 0 unspecified atom stereocenters. The number of nitrogens with one attached hydrogen (secondary N) is 2. The predicted octanol–water partition coefficient (Wildman–Crippen LogP) is -0.300. The number of amides is 1. The first-order chi connectivity index (χ1) is 8.66. The van der Waals surface area contributed by atoms with Gasteiger partial charge in [0.15, 0.2) is 0 Å². The topological polar surface area (TPSA) is 64.6 Å². The third-order valence-electron chi connectivity index (χ3n) is 4.06. The molecule has 2 aliphatic heterocycles. The van der Waals surface area contributed by atoms with Crippen molar-refractivity contribution in [2.45, 2.75) is 50.8 Å². The molecule has 5 heteroatoms. The number of carbonyl (C=O) groups is 1. The summed E-state index contributed by atoms with van der Waals surface area (Å²) in [5.74, 6) is 0.0243. The van der Waals surface area contributed by atoms with Gasteiger partial charge in [-0.3, -0.25) is 9.69 Å². The molecule has 2 aliphatic rings. The highest BCUT2D eigenvalue weighted by molar-refractivity contribution is 5.82. The first-order valence-corrected chi connectivity index (χ1v) is 7.10. The molecule has 0 aromatic heterocycles. The van der Waals surface area contributed by atoms with Crippen molar-refractivity contribution in [3.05, 3.63) is 0 Å². The van der Waals surface area contributed by atoms with E-state index in [9.17, 15) is 9.90 Å². The van der Waals surface area contributed by atoms with Gasteiger partial charge in [0.05, 0.1) is 12.1 Å². The van der Waals surface area contributed by atoms with E-state index in [0.29, 0.717) is 25.6 Å². The largest absolute Gasteiger partial charge is 0.392 e. The quantitative estimate of drug-likeness (QED) is 0.645. The average molecular weight is 255 g/mol. The van der Waals surface area contributed by atoms with Gasteiger partial charge in [-0.1, -0.05) is 6.42 Å². The number of piperidine rings is 1. The number of hydrogen-bond acceptors (Lipinski definition) is 4. The minimum atomic E-state index is -0.372. The first-order valence-electron chi connectivity index (χ1n) is 7.10. The van der Waals surface area contributed by atoms with Crippen molar-refractivity contribution in [1.29, 1.82) is 0 Å². The number of aliphatic hydroxyl groups is 1. The van der Waals surface area contributed by atoms with E-state index in [1.54, 1.807) is 0 Å². The Kier molecular flexibility index (Phi) is 4.97. The number of likely N-dealkylation sites (tertiary alicyclic amines) is 1. The average Bonchev–Trinajstić information content (AvgIpc) is 2.78. The lowest BCUT2D eigenvalue weighted by molar-refractivity contribution is -0.123. The van der Waals surface area contributed by atoms with E-state index in [1.807, 2.05) is 0 Å². The molecule has 2 heterocycles. The number of β-amino-alcohol motifs (C(OH)–C–C–N with tert-alkyl or cyclic N) is 1. The van der Waals surface area contributed by atoms with Gasteiger partial charge in [0.2, 0.25) is 5.91 Å². The predicted molar refractivity (Wildman–Crippen MR) is 70.3 cm³/mol. The highest BCUT2D eigenvalue weighted by Crippen LogP contribution is 2.15. The number of hydrogen-bond donors (Lipinski definition) is 3. The minimum absolute atomic E-state index is 0.0243. The summed E-state index contributed by atoms with van der Waals surface area (Å²) in [5.41, 5.74) is 0. The smallest absolute Gasteiger partial charge is 0.237 e. The van der Waals surface area contributed by atoms with Gasteiger partial charge in [-0.2, -0.15) is 0 Å². The molecule has 2 fully saturated rings. The second-order valence-electron chi connectivity index (χ2n) is 5.52. The molecule has 0 aliphatic carbocycles. The number of carbonyl (C=O) groups excluding carboxylic acids is 1. The summed E-state index contributed by atoms with van der Waals surface area (Å²) in [7, 11) is 0. The summed E-state index contributed by atoms with van der Waals surface area (Å²) < 4.78 is 0. The lowest BCUT2D eigenvalue weighted by atomic mass is 10.0. The van der Waals surface area contributed by atoms with E-state index >= 15 is 0 Å². The monoisotopic (exact) mass is 255 g/mol. The highest BCUT2D eigenvalue weighted by Gasteiger charge is 2.27. The van der Waals surface area contributed by atoms with Gasteiger partial charge in [-0.25, -0.2) is 0 Å². The molecule has 2 rings (SSSR count). The van der Waals surface area contributed by atoms with E-state index in [4.69, 9.17) is 0 Å². The third kappa shape index (κ3) is 3.67. The zero-order valence-corrected chi connectivity index (χ0v) is 11.2. The van der Waals surface area contributed by atoms with Crippen molar-refractivity contribution in [2.24, 2.45) is 0 Å². The Morgan fingerprint density at radius 2 is 2.33 bits per heavy atom. The second-order valence-corrected chi connectivity index (χ2v) is 5.52. The van der Waals surface area contributed by atoms with Gasteiger partial charge in [0.25, 0.3) is 0 Å². The molecule has 1 amide bonds. The Labute approximate surface area is 109 Å². The molecule has 18 heavy (non-hydrogen) atoms. The molecule has 0 bridgehead atoms. The number of aliphatic hydroxyl groups excluding tert-OH is 1. The van der Waals surface area contributed by atoms with Crippen molar-refractivity contribution in [3.8, 4) is 0 Å². The van der Waals surface area contributed by atoms with Crippen molar-refractivity contribution in [1.82, 2.24) is 15.5 Å². The van der Waals surface area contributed by atoms with Crippen LogP contribution in [0.5, 0.6) is 0 Å². The number of nitrogens with zero attached hydrogens (tertiary/aromatic N) is 1. The van der Waals surface area contributed by atoms with Crippen LogP contribution >= 0.6 is 0 Å². The fourth-order valence-electron chi connectivity index (χ4n) is 2.85. The molecule has 0 spiro atoms. The van der Waals surface area contributed by atoms with Gasteiger partial charge in [0, 0.05) is 25.7 Å². The van der Waals surface area contributed by atoms with E-state index in [0.717, 1.165) is 13.1 Å². The van der Waals surface area contributed by atoms with Crippen LogP contribution in [0.4, 0.5) is 0 Å². The van der Waals surface area contributed by atoms with Gasteiger partial charge in [-0.05, 0) is 32.7 Å². The Balaban J connectivity index is 1.64. The summed E-state index contributed by atoms with van der Waals surface area (Å²) >= 11 is 0. The molecule has 5 nitrogen and oxygen atoms in total. The molecule has 3 N–H and O–H groups in total. The molecule has 0 aromatic carbocycles. The van der Waals surface area contributed by atoms with Crippen LogP contribution in [0, 0.1) is 0 Å². The van der Waals surface area contributed by atoms with E-state index < -0.39 is 0 Å². The van der Waals surface area contributed by atoms with Gasteiger partial charge in [-0.15, -0.1) is 0 Å². The van der Waals surface area contributed by atoms with Crippen LogP contribution in [-0.2, 0) is 4.79 Å². The van der Waals surface area contributed by atoms with Crippen molar-refractivity contribution < 1.29 is 9.90 Å². The zero-order chi connectivity index (χ0) is 13.0. The van der Waals surface area contributed by atoms with Crippen LogP contribution in [0.2, 0.25) is 0 Å². The van der Waals surface area contributed by atoms with Crippen molar-refractivity contribution in [2.75, 3.05) is 26.2 Å². The Morgan fingerprint density at radius 1 is 1.50 bits per heavy atom. The molecule has 104 valence electrons. The standard InChI is InChI=1S/C13H25N3O2/c1-10-4-2-3-6-16(10)7-5-14-13(18)12-8-11(17)9-15-12/h10-12,15,17H,2-9H2,1H3,(H,14,18)/t10-,11-,12+/m1/s1. The molecule has 2 saturated heterocycles. The van der Waals surface area contributed by atoms with E-state index in [2.05, 4.69) is 22.5 Å². The van der Waals surface area contributed by atoms with Crippen molar-refractivity contribution in [3.63, 3.8) is 0 Å². The van der Waals surface area contributed by atoms with Gasteiger partial charge >= 0.3 is 0 Å². The molecular formula is C13H25N3O2. The van der Waals surface area contributed by atoms with E-state index in [-0.39, 0.29) is 18.1 Å². The van der Waals surface area contributed by atoms with Crippen LogP contribution in [-0.4, -0.2) is 60.3 Å². The fraction of sp³-hybridized carbons (Fsp3) is 0.923.